The third-order valence-corrected chi connectivity index (χ3v) is 7.57. The van der Waals surface area contributed by atoms with Crippen molar-refractivity contribution < 1.29 is 12.8 Å². The molecular weight excluding hydrogens is 391 g/mol. The van der Waals surface area contributed by atoms with Gasteiger partial charge < -0.3 is 0 Å². The number of sulfonamides is 1. The van der Waals surface area contributed by atoms with Gasteiger partial charge in [-0.3, -0.25) is 0 Å². The molecule has 1 unspecified atom stereocenters. The summed E-state index contributed by atoms with van der Waals surface area (Å²) in [4.78, 5) is 0.265. The number of nitrogens with zero attached hydrogens (tertiary/aromatic N) is 4. The minimum absolute atomic E-state index is 0.0169. The fourth-order valence-corrected chi connectivity index (χ4v) is 5.28. The lowest BCUT2D eigenvalue weighted by atomic mass is 10.1. The molecule has 1 saturated carbocycles. The number of aromatic nitrogens is 3. The summed E-state index contributed by atoms with van der Waals surface area (Å²) < 4.78 is 42.6. The summed E-state index contributed by atoms with van der Waals surface area (Å²) in [5, 5.41) is 8.45. The van der Waals surface area contributed by atoms with Crippen LogP contribution in [0.4, 0.5) is 4.39 Å². The van der Waals surface area contributed by atoms with E-state index < -0.39 is 10.0 Å². The Kier molecular flexibility index (Phi) is 4.48. The zero-order chi connectivity index (χ0) is 20.0. The van der Waals surface area contributed by atoms with Gasteiger partial charge in [0, 0.05) is 25.2 Å². The largest absolute Gasteiger partial charge is 0.248 e. The first-order chi connectivity index (χ1) is 14.0. The molecule has 0 amide bonds. The SMILES string of the molecule is O=S(=O)(c1ccc(-c2ccc(F)cc2)cc1)N1CCC(n2cc(C3CC3)nn2)C1. The molecule has 1 aliphatic heterocycles. The van der Waals surface area contributed by atoms with Gasteiger partial charge in [0.1, 0.15) is 5.82 Å². The van der Waals surface area contributed by atoms with Gasteiger partial charge in [-0.15, -0.1) is 5.10 Å². The molecule has 0 radical (unpaired) electrons. The lowest BCUT2D eigenvalue weighted by Crippen LogP contribution is -2.29. The van der Waals surface area contributed by atoms with Crippen molar-refractivity contribution in [2.75, 3.05) is 13.1 Å². The van der Waals surface area contributed by atoms with E-state index in [2.05, 4.69) is 10.3 Å². The van der Waals surface area contributed by atoms with Gasteiger partial charge in [0.2, 0.25) is 10.0 Å². The van der Waals surface area contributed by atoms with E-state index >= 15 is 0 Å². The van der Waals surface area contributed by atoms with E-state index in [-0.39, 0.29) is 16.8 Å². The van der Waals surface area contributed by atoms with Crippen molar-refractivity contribution in [2.45, 2.75) is 36.1 Å². The topological polar surface area (TPSA) is 68.1 Å². The maximum absolute atomic E-state index is 13.1. The van der Waals surface area contributed by atoms with Crippen LogP contribution in [0.2, 0.25) is 0 Å². The maximum Gasteiger partial charge on any atom is 0.243 e. The minimum atomic E-state index is -3.57. The smallest absolute Gasteiger partial charge is 0.243 e. The molecular formula is C21H21FN4O2S. The fourth-order valence-electron chi connectivity index (χ4n) is 3.79. The highest BCUT2D eigenvalue weighted by atomic mass is 32.2. The van der Waals surface area contributed by atoms with Crippen LogP contribution in [0.15, 0.2) is 59.6 Å². The van der Waals surface area contributed by atoms with Crippen LogP contribution >= 0.6 is 0 Å². The Morgan fingerprint density at radius 2 is 1.59 bits per heavy atom. The van der Waals surface area contributed by atoms with Crippen molar-refractivity contribution in [3.63, 3.8) is 0 Å². The quantitative estimate of drug-likeness (QED) is 0.642. The predicted molar refractivity (Wildman–Crippen MR) is 106 cm³/mol. The van der Waals surface area contributed by atoms with Crippen molar-refractivity contribution in [1.29, 1.82) is 0 Å². The summed E-state index contributed by atoms with van der Waals surface area (Å²) in [5.74, 6) is 0.234. The van der Waals surface area contributed by atoms with E-state index in [0.717, 1.165) is 36.1 Å². The van der Waals surface area contributed by atoms with E-state index in [9.17, 15) is 12.8 Å². The molecule has 1 saturated heterocycles. The third-order valence-electron chi connectivity index (χ3n) is 5.69. The molecule has 29 heavy (non-hydrogen) atoms. The van der Waals surface area contributed by atoms with E-state index in [1.54, 1.807) is 36.4 Å². The van der Waals surface area contributed by atoms with E-state index in [4.69, 9.17) is 0 Å². The number of hydrogen-bond acceptors (Lipinski definition) is 4. The van der Waals surface area contributed by atoms with Gasteiger partial charge in [-0.2, -0.15) is 4.31 Å². The van der Waals surface area contributed by atoms with Gasteiger partial charge in [0.15, 0.2) is 0 Å². The lowest BCUT2D eigenvalue weighted by Gasteiger charge is -2.17. The molecule has 1 aromatic heterocycles. The fraction of sp³-hybridized carbons (Fsp3) is 0.333. The Morgan fingerprint density at radius 1 is 0.931 bits per heavy atom. The standard InChI is InChI=1S/C21H21FN4O2S/c22-18-7-3-15(4-8-18)16-5-9-20(10-6-16)29(27,28)25-12-11-19(13-25)26-14-21(23-24-26)17-1-2-17/h3-10,14,17,19H,1-2,11-13H2. The number of hydrogen-bond donors (Lipinski definition) is 0. The van der Waals surface area contributed by atoms with Crippen LogP contribution in [0.5, 0.6) is 0 Å². The van der Waals surface area contributed by atoms with Crippen LogP contribution in [0, 0.1) is 5.82 Å². The van der Waals surface area contributed by atoms with Crippen LogP contribution in [0.1, 0.15) is 36.9 Å². The van der Waals surface area contributed by atoms with Gasteiger partial charge in [-0.1, -0.05) is 29.5 Å². The Labute approximate surface area is 169 Å². The van der Waals surface area contributed by atoms with Crippen LogP contribution in [-0.2, 0) is 10.0 Å². The highest BCUT2D eigenvalue weighted by Gasteiger charge is 2.35. The summed E-state index contributed by atoms with van der Waals surface area (Å²) in [6, 6.07) is 12.9. The first-order valence-electron chi connectivity index (χ1n) is 9.78. The average molecular weight is 412 g/mol. The second kappa shape index (κ2) is 7.03. The molecule has 1 atom stereocenters. The van der Waals surface area contributed by atoms with E-state index in [1.165, 1.54) is 16.4 Å². The summed E-state index contributed by atoms with van der Waals surface area (Å²) in [6.45, 7) is 0.862. The van der Waals surface area contributed by atoms with Crippen molar-refractivity contribution in [2.24, 2.45) is 0 Å². The minimum Gasteiger partial charge on any atom is -0.248 e. The number of halogens is 1. The summed E-state index contributed by atoms with van der Waals surface area (Å²) in [5.41, 5.74) is 2.70. The zero-order valence-corrected chi connectivity index (χ0v) is 16.6. The Bertz CT molecular complexity index is 1120. The van der Waals surface area contributed by atoms with Crippen LogP contribution < -0.4 is 0 Å². The van der Waals surface area contributed by atoms with Crippen molar-refractivity contribution >= 4 is 10.0 Å². The Hall–Kier alpha value is -2.58. The van der Waals surface area contributed by atoms with E-state index in [1.807, 2.05) is 10.9 Å². The zero-order valence-electron chi connectivity index (χ0n) is 15.8. The Morgan fingerprint density at radius 3 is 2.24 bits per heavy atom. The molecule has 150 valence electrons. The van der Waals surface area contributed by atoms with Crippen molar-refractivity contribution in [3.8, 4) is 11.1 Å². The van der Waals surface area contributed by atoms with Crippen LogP contribution in [0.3, 0.4) is 0 Å². The van der Waals surface area contributed by atoms with Gasteiger partial charge in [0.25, 0.3) is 0 Å². The molecule has 6 nitrogen and oxygen atoms in total. The molecule has 0 bridgehead atoms. The first-order valence-corrected chi connectivity index (χ1v) is 11.2. The molecule has 1 aliphatic carbocycles. The summed E-state index contributed by atoms with van der Waals surface area (Å²) >= 11 is 0. The second-order valence-corrected chi connectivity index (χ2v) is 9.67. The monoisotopic (exact) mass is 412 g/mol. The van der Waals surface area contributed by atoms with Crippen LogP contribution in [0.25, 0.3) is 11.1 Å². The van der Waals surface area contributed by atoms with E-state index in [0.29, 0.717) is 19.0 Å². The van der Waals surface area contributed by atoms with Crippen molar-refractivity contribution in [1.82, 2.24) is 19.3 Å². The van der Waals surface area contributed by atoms with Gasteiger partial charge >= 0.3 is 0 Å². The normalized spacial score (nSPS) is 20.2. The van der Waals surface area contributed by atoms with Crippen molar-refractivity contribution in [3.05, 3.63) is 66.2 Å². The van der Waals surface area contributed by atoms with Gasteiger partial charge in [-0.05, 0) is 54.7 Å². The molecule has 3 aromatic rings. The molecule has 2 fully saturated rings. The first kappa shape index (κ1) is 18.4. The molecule has 0 spiro atoms. The Balaban J connectivity index is 1.31. The van der Waals surface area contributed by atoms with Crippen LogP contribution in [-0.4, -0.2) is 40.8 Å². The van der Waals surface area contributed by atoms with Gasteiger partial charge in [0.05, 0.1) is 16.6 Å². The number of benzene rings is 2. The molecule has 0 N–H and O–H groups in total. The highest BCUT2D eigenvalue weighted by molar-refractivity contribution is 7.89. The molecule has 2 aromatic carbocycles. The molecule has 2 heterocycles. The highest BCUT2D eigenvalue weighted by Crippen LogP contribution is 2.39. The lowest BCUT2D eigenvalue weighted by molar-refractivity contribution is 0.428. The third kappa shape index (κ3) is 3.58. The molecule has 8 heteroatoms. The predicted octanol–water partition coefficient (Wildman–Crippen LogP) is 3.60. The average Bonchev–Trinajstić information content (AvgIpc) is 3.25. The molecule has 2 aliphatic rings. The number of rotatable bonds is 5. The second-order valence-electron chi connectivity index (χ2n) is 7.73. The van der Waals surface area contributed by atoms with Gasteiger partial charge in [-0.25, -0.2) is 17.5 Å². The maximum atomic E-state index is 13.1. The summed E-state index contributed by atoms with van der Waals surface area (Å²) in [6.07, 6.45) is 5.02. The summed E-state index contributed by atoms with van der Waals surface area (Å²) in [7, 11) is -3.57. The molecule has 5 rings (SSSR count).